The molecule has 2 aromatic rings. The molecule has 2 N–H and O–H groups in total. The summed E-state index contributed by atoms with van der Waals surface area (Å²) < 4.78 is 0. The first-order valence-corrected chi connectivity index (χ1v) is 9.00. The number of fused-ring (bicyclic) bond motifs is 1. The molecule has 0 bridgehead atoms. The second-order valence-corrected chi connectivity index (χ2v) is 6.91. The molecule has 0 radical (unpaired) electrons. The Kier molecular flexibility index (Phi) is 4.76. The van der Waals surface area contributed by atoms with Crippen molar-refractivity contribution in [1.29, 1.82) is 0 Å². The monoisotopic (exact) mass is 336 g/mol. The summed E-state index contributed by atoms with van der Waals surface area (Å²) in [5, 5.41) is 6.40. The van der Waals surface area contributed by atoms with Crippen molar-refractivity contribution >= 4 is 5.91 Å². The van der Waals surface area contributed by atoms with Crippen LogP contribution in [0, 0.1) is 0 Å². The summed E-state index contributed by atoms with van der Waals surface area (Å²) >= 11 is 0. The third-order valence-corrected chi connectivity index (χ3v) is 5.29. The lowest BCUT2D eigenvalue weighted by atomic mass is 10.1. The highest BCUT2D eigenvalue weighted by Crippen LogP contribution is 2.26. The first kappa shape index (κ1) is 16.2. The molecular weight excluding hydrogens is 312 g/mol. The van der Waals surface area contributed by atoms with Crippen molar-refractivity contribution in [2.24, 2.45) is 0 Å². The Balaban J connectivity index is 1.33. The maximum atomic E-state index is 12.5. The second-order valence-electron chi connectivity index (χ2n) is 6.91. The van der Waals surface area contributed by atoms with Gasteiger partial charge in [0.05, 0.1) is 6.04 Å². The first-order chi connectivity index (χ1) is 12.3. The van der Waals surface area contributed by atoms with E-state index in [1.807, 2.05) is 12.1 Å². The van der Waals surface area contributed by atoms with Crippen LogP contribution < -0.4 is 10.6 Å². The van der Waals surface area contributed by atoms with Crippen molar-refractivity contribution in [1.82, 2.24) is 20.5 Å². The molecule has 2 heterocycles. The normalized spacial score (nSPS) is 21.0. The summed E-state index contributed by atoms with van der Waals surface area (Å²) in [6, 6.07) is 12.9. The molecule has 1 atom stereocenters. The highest BCUT2D eigenvalue weighted by atomic mass is 16.2. The van der Waals surface area contributed by atoms with Crippen LogP contribution in [0.3, 0.4) is 0 Å². The number of nitrogens with one attached hydrogen (secondary N) is 2. The molecule has 0 saturated carbocycles. The van der Waals surface area contributed by atoms with Gasteiger partial charge in [-0.3, -0.25) is 14.7 Å². The van der Waals surface area contributed by atoms with Crippen LogP contribution in [0.4, 0.5) is 0 Å². The van der Waals surface area contributed by atoms with Gasteiger partial charge < -0.3 is 10.6 Å². The van der Waals surface area contributed by atoms with Crippen molar-refractivity contribution < 1.29 is 4.79 Å². The van der Waals surface area contributed by atoms with Gasteiger partial charge in [0.1, 0.15) is 0 Å². The van der Waals surface area contributed by atoms with E-state index < -0.39 is 0 Å². The quantitative estimate of drug-likeness (QED) is 0.879. The SMILES string of the molecule is O=C(NCc1ccncc1)[C@@H]1CN(C2Cc3ccccc3C2)CCN1. The number of carbonyl (C=O) groups is 1. The van der Waals surface area contributed by atoms with Crippen molar-refractivity contribution in [2.75, 3.05) is 19.6 Å². The van der Waals surface area contributed by atoms with Crippen molar-refractivity contribution in [3.63, 3.8) is 0 Å². The summed E-state index contributed by atoms with van der Waals surface area (Å²) in [7, 11) is 0. The second kappa shape index (κ2) is 7.33. The minimum Gasteiger partial charge on any atom is -0.351 e. The summed E-state index contributed by atoms with van der Waals surface area (Å²) in [6.45, 7) is 3.20. The van der Waals surface area contributed by atoms with Crippen molar-refractivity contribution in [3.05, 3.63) is 65.5 Å². The minimum absolute atomic E-state index is 0.0806. The van der Waals surface area contributed by atoms with E-state index >= 15 is 0 Å². The molecule has 25 heavy (non-hydrogen) atoms. The van der Waals surface area contributed by atoms with Crippen LogP contribution in [0.25, 0.3) is 0 Å². The summed E-state index contributed by atoms with van der Waals surface area (Å²) in [6.07, 6.45) is 5.70. The van der Waals surface area contributed by atoms with Crippen LogP contribution in [0.15, 0.2) is 48.8 Å². The molecule has 5 nitrogen and oxygen atoms in total. The summed E-state index contributed by atoms with van der Waals surface area (Å²) in [4.78, 5) is 19.0. The molecule has 1 fully saturated rings. The Bertz CT molecular complexity index is 708. The average molecular weight is 336 g/mol. The number of carbonyl (C=O) groups excluding carboxylic acids is 1. The average Bonchev–Trinajstić information content (AvgIpc) is 3.11. The fourth-order valence-corrected chi connectivity index (χ4v) is 3.89. The van der Waals surface area contributed by atoms with E-state index in [4.69, 9.17) is 0 Å². The Morgan fingerprint density at radius 1 is 1.16 bits per heavy atom. The Hall–Kier alpha value is -2.24. The number of pyridine rings is 1. The van der Waals surface area contributed by atoms with Gasteiger partial charge in [-0.15, -0.1) is 0 Å². The molecule has 1 amide bonds. The zero-order chi connectivity index (χ0) is 17.1. The molecule has 1 saturated heterocycles. The van der Waals surface area contributed by atoms with E-state index in [9.17, 15) is 4.79 Å². The predicted molar refractivity (Wildman–Crippen MR) is 97.1 cm³/mol. The zero-order valence-corrected chi connectivity index (χ0v) is 14.3. The largest absolute Gasteiger partial charge is 0.351 e. The first-order valence-electron chi connectivity index (χ1n) is 9.00. The third-order valence-electron chi connectivity index (χ3n) is 5.29. The third kappa shape index (κ3) is 3.72. The maximum absolute atomic E-state index is 12.5. The number of hydrogen-bond donors (Lipinski definition) is 2. The minimum atomic E-state index is -0.140. The molecule has 0 unspecified atom stereocenters. The van der Waals surface area contributed by atoms with E-state index in [2.05, 4.69) is 44.8 Å². The van der Waals surface area contributed by atoms with Gasteiger partial charge in [0, 0.05) is 44.6 Å². The predicted octanol–water partition coefficient (Wildman–Crippen LogP) is 1.14. The van der Waals surface area contributed by atoms with Gasteiger partial charge >= 0.3 is 0 Å². The molecule has 130 valence electrons. The molecule has 5 heteroatoms. The number of rotatable bonds is 4. The van der Waals surface area contributed by atoms with Gasteiger partial charge in [-0.2, -0.15) is 0 Å². The lowest BCUT2D eigenvalue weighted by Gasteiger charge is -2.36. The van der Waals surface area contributed by atoms with E-state index in [-0.39, 0.29) is 11.9 Å². The van der Waals surface area contributed by atoms with Crippen LogP contribution >= 0.6 is 0 Å². The smallest absolute Gasteiger partial charge is 0.238 e. The van der Waals surface area contributed by atoms with Crippen LogP contribution in [-0.2, 0) is 24.2 Å². The molecule has 1 aliphatic heterocycles. The Labute approximate surface area is 148 Å². The molecule has 1 aromatic heterocycles. The number of amides is 1. The fraction of sp³-hybridized carbons (Fsp3) is 0.400. The molecule has 1 aliphatic carbocycles. The van der Waals surface area contributed by atoms with Crippen LogP contribution in [0.2, 0.25) is 0 Å². The Morgan fingerprint density at radius 2 is 1.88 bits per heavy atom. The molecule has 1 aromatic carbocycles. The van der Waals surface area contributed by atoms with Crippen molar-refractivity contribution in [2.45, 2.75) is 31.5 Å². The highest BCUT2D eigenvalue weighted by molar-refractivity contribution is 5.82. The molecular formula is C20H24N4O. The van der Waals surface area contributed by atoms with Gasteiger partial charge in [-0.05, 0) is 41.7 Å². The van der Waals surface area contributed by atoms with Crippen LogP contribution in [-0.4, -0.2) is 47.5 Å². The van der Waals surface area contributed by atoms with Crippen LogP contribution in [0.5, 0.6) is 0 Å². The summed E-state index contributed by atoms with van der Waals surface area (Å²) in [5.41, 5.74) is 4.00. The van der Waals surface area contributed by atoms with Crippen molar-refractivity contribution in [3.8, 4) is 0 Å². The molecule has 4 rings (SSSR count). The fourth-order valence-electron chi connectivity index (χ4n) is 3.89. The standard InChI is InChI=1S/C20H24N4O/c25-20(23-13-15-5-7-21-8-6-15)19-14-24(10-9-22-19)18-11-16-3-1-2-4-17(16)12-18/h1-8,18-19,22H,9-14H2,(H,23,25)/t19-/m0/s1. The van der Waals surface area contributed by atoms with Crippen LogP contribution in [0.1, 0.15) is 16.7 Å². The van der Waals surface area contributed by atoms with Gasteiger partial charge in [-0.25, -0.2) is 0 Å². The van der Waals surface area contributed by atoms with Gasteiger partial charge in [0.25, 0.3) is 0 Å². The van der Waals surface area contributed by atoms with E-state index in [1.165, 1.54) is 11.1 Å². The zero-order valence-electron chi connectivity index (χ0n) is 14.3. The number of benzene rings is 1. The number of piperazine rings is 1. The van der Waals surface area contributed by atoms with E-state index in [1.54, 1.807) is 12.4 Å². The molecule has 0 spiro atoms. The maximum Gasteiger partial charge on any atom is 0.238 e. The van der Waals surface area contributed by atoms with Gasteiger partial charge in [0.2, 0.25) is 5.91 Å². The lowest BCUT2D eigenvalue weighted by molar-refractivity contribution is -0.124. The lowest BCUT2D eigenvalue weighted by Crippen LogP contribution is -2.59. The van der Waals surface area contributed by atoms with E-state index in [0.29, 0.717) is 12.6 Å². The number of hydrogen-bond acceptors (Lipinski definition) is 4. The van der Waals surface area contributed by atoms with E-state index in [0.717, 1.165) is 38.0 Å². The van der Waals surface area contributed by atoms with Gasteiger partial charge in [0.15, 0.2) is 0 Å². The number of aromatic nitrogens is 1. The topological polar surface area (TPSA) is 57.3 Å². The Morgan fingerprint density at radius 3 is 2.60 bits per heavy atom. The number of nitrogens with zero attached hydrogens (tertiary/aromatic N) is 2. The van der Waals surface area contributed by atoms with Gasteiger partial charge in [-0.1, -0.05) is 24.3 Å². The molecule has 2 aliphatic rings. The highest BCUT2D eigenvalue weighted by Gasteiger charge is 2.32. The summed E-state index contributed by atoms with van der Waals surface area (Å²) in [5.74, 6) is 0.0806.